The van der Waals surface area contributed by atoms with Crippen molar-refractivity contribution in [2.45, 2.75) is 19.8 Å². The van der Waals surface area contributed by atoms with Crippen LogP contribution in [0.15, 0.2) is 12.1 Å². The summed E-state index contributed by atoms with van der Waals surface area (Å²) in [5.41, 5.74) is 1.84. The van der Waals surface area contributed by atoms with Gasteiger partial charge in [0.2, 0.25) is 0 Å². The maximum absolute atomic E-state index is 13.8. The second-order valence-corrected chi connectivity index (χ2v) is 6.02. The molecule has 1 aliphatic rings. The summed E-state index contributed by atoms with van der Waals surface area (Å²) < 4.78 is 20.6. The van der Waals surface area contributed by atoms with Gasteiger partial charge in [-0.2, -0.15) is 5.10 Å². The number of likely N-dealkylation sites (tertiary alicyclic amines) is 1. The fraction of sp³-hybridized carbons (Fsp3) is 0.562. The molecule has 2 heterocycles. The Morgan fingerprint density at radius 1 is 1.43 bits per heavy atom. The van der Waals surface area contributed by atoms with Crippen molar-refractivity contribution in [1.82, 2.24) is 14.7 Å². The summed E-state index contributed by atoms with van der Waals surface area (Å²) in [4.78, 5) is 2.48. The second kappa shape index (κ2) is 5.64. The zero-order chi connectivity index (χ0) is 15.0. The van der Waals surface area contributed by atoms with Crippen LogP contribution in [-0.2, 0) is 13.5 Å². The number of benzene rings is 1. The highest BCUT2D eigenvalue weighted by Gasteiger charge is 2.19. The van der Waals surface area contributed by atoms with E-state index < -0.39 is 0 Å². The Morgan fingerprint density at radius 3 is 2.90 bits per heavy atom. The predicted molar refractivity (Wildman–Crippen MR) is 81.1 cm³/mol. The minimum atomic E-state index is -0.340. The third-order valence-corrected chi connectivity index (χ3v) is 4.37. The van der Waals surface area contributed by atoms with E-state index >= 15 is 0 Å². The Labute approximate surface area is 124 Å². The van der Waals surface area contributed by atoms with E-state index in [0.29, 0.717) is 0 Å². The monoisotopic (exact) mass is 291 g/mol. The van der Waals surface area contributed by atoms with Crippen LogP contribution in [0.5, 0.6) is 5.75 Å². The van der Waals surface area contributed by atoms with E-state index in [1.807, 2.05) is 7.05 Å². The molecule has 5 heteroatoms. The predicted octanol–water partition coefficient (Wildman–Crippen LogP) is 2.61. The number of ether oxygens (including phenoxy) is 1. The molecule has 1 aliphatic heterocycles. The molecule has 3 rings (SSSR count). The molecule has 0 aliphatic carbocycles. The first-order valence-electron chi connectivity index (χ1n) is 7.50. The third kappa shape index (κ3) is 2.75. The number of rotatable bonds is 4. The topological polar surface area (TPSA) is 30.3 Å². The first-order chi connectivity index (χ1) is 10.1. The van der Waals surface area contributed by atoms with E-state index in [0.717, 1.165) is 35.5 Å². The van der Waals surface area contributed by atoms with Crippen LogP contribution >= 0.6 is 0 Å². The van der Waals surface area contributed by atoms with Crippen LogP contribution in [0.4, 0.5) is 4.39 Å². The minimum Gasteiger partial charge on any atom is -0.494 e. The Morgan fingerprint density at radius 2 is 2.24 bits per heavy atom. The molecule has 1 atom stereocenters. The van der Waals surface area contributed by atoms with Crippen LogP contribution in [-0.4, -0.2) is 41.4 Å². The van der Waals surface area contributed by atoms with Gasteiger partial charge in [-0.1, -0.05) is 6.92 Å². The molecule has 1 fully saturated rings. The standard InChI is InChI=1S/C16H22FN3O/c1-11-4-6-20(10-11)7-5-14-12-8-16(21-3)13(17)9-15(12)19(2)18-14/h8-9,11H,4-7,10H2,1-3H3. The maximum Gasteiger partial charge on any atom is 0.167 e. The molecule has 0 radical (unpaired) electrons. The molecule has 1 aromatic carbocycles. The van der Waals surface area contributed by atoms with Gasteiger partial charge in [-0.15, -0.1) is 0 Å². The highest BCUT2D eigenvalue weighted by Crippen LogP contribution is 2.27. The van der Waals surface area contributed by atoms with Crippen molar-refractivity contribution in [3.63, 3.8) is 0 Å². The quantitative estimate of drug-likeness (QED) is 0.867. The molecule has 0 bridgehead atoms. The van der Waals surface area contributed by atoms with Crippen molar-refractivity contribution < 1.29 is 9.13 Å². The van der Waals surface area contributed by atoms with Crippen LogP contribution in [0.3, 0.4) is 0 Å². The lowest BCUT2D eigenvalue weighted by Crippen LogP contribution is -2.23. The van der Waals surface area contributed by atoms with Crippen molar-refractivity contribution in [2.24, 2.45) is 13.0 Å². The molecule has 1 unspecified atom stereocenters. The summed E-state index contributed by atoms with van der Waals surface area (Å²) in [5, 5.41) is 5.54. The molecule has 114 valence electrons. The summed E-state index contributed by atoms with van der Waals surface area (Å²) in [7, 11) is 3.35. The van der Waals surface area contributed by atoms with Gasteiger partial charge < -0.3 is 9.64 Å². The Hall–Kier alpha value is -1.62. The van der Waals surface area contributed by atoms with Crippen LogP contribution in [0.25, 0.3) is 10.9 Å². The lowest BCUT2D eigenvalue weighted by molar-refractivity contribution is 0.331. The number of hydrogen-bond acceptors (Lipinski definition) is 3. The first kappa shape index (κ1) is 14.3. The second-order valence-electron chi connectivity index (χ2n) is 6.02. The van der Waals surface area contributed by atoms with Gasteiger partial charge in [-0.05, 0) is 24.9 Å². The summed E-state index contributed by atoms with van der Waals surface area (Å²) in [6, 6.07) is 3.27. The van der Waals surface area contributed by atoms with Gasteiger partial charge >= 0.3 is 0 Å². The zero-order valence-electron chi connectivity index (χ0n) is 12.9. The van der Waals surface area contributed by atoms with Crippen molar-refractivity contribution in [1.29, 1.82) is 0 Å². The lowest BCUT2D eigenvalue weighted by Gasteiger charge is -2.14. The highest BCUT2D eigenvalue weighted by atomic mass is 19.1. The molecular weight excluding hydrogens is 269 g/mol. The highest BCUT2D eigenvalue weighted by molar-refractivity contribution is 5.83. The summed E-state index contributed by atoms with van der Waals surface area (Å²) in [5.74, 6) is 0.735. The Balaban J connectivity index is 1.84. The van der Waals surface area contributed by atoms with Gasteiger partial charge in [0.05, 0.1) is 18.3 Å². The lowest BCUT2D eigenvalue weighted by atomic mass is 10.1. The maximum atomic E-state index is 13.8. The first-order valence-corrected chi connectivity index (χ1v) is 7.50. The molecule has 0 spiro atoms. The van der Waals surface area contributed by atoms with E-state index in [4.69, 9.17) is 4.74 Å². The number of aryl methyl sites for hydroxylation is 1. The van der Waals surface area contributed by atoms with Crippen molar-refractivity contribution in [2.75, 3.05) is 26.7 Å². The van der Waals surface area contributed by atoms with E-state index in [1.54, 1.807) is 10.7 Å². The average Bonchev–Trinajstić information content (AvgIpc) is 3.00. The van der Waals surface area contributed by atoms with Gasteiger partial charge in [0.25, 0.3) is 0 Å². The van der Waals surface area contributed by atoms with Crippen LogP contribution in [0.2, 0.25) is 0 Å². The largest absolute Gasteiger partial charge is 0.494 e. The zero-order valence-corrected chi connectivity index (χ0v) is 12.9. The summed E-state index contributed by atoms with van der Waals surface area (Å²) in [6.07, 6.45) is 2.17. The Kier molecular flexibility index (Phi) is 3.85. The molecule has 0 N–H and O–H groups in total. The molecule has 0 saturated carbocycles. The average molecular weight is 291 g/mol. The van der Waals surface area contributed by atoms with E-state index in [2.05, 4.69) is 16.9 Å². The number of aromatic nitrogens is 2. The molecule has 1 saturated heterocycles. The van der Waals surface area contributed by atoms with Crippen molar-refractivity contribution >= 4 is 10.9 Å². The fourth-order valence-electron chi connectivity index (χ4n) is 3.17. The Bertz CT molecular complexity index is 652. The SMILES string of the molecule is COc1cc2c(CCN3CCC(C)C3)nn(C)c2cc1F. The number of nitrogens with zero attached hydrogens (tertiary/aromatic N) is 3. The van der Waals surface area contributed by atoms with Crippen LogP contribution < -0.4 is 4.74 Å². The third-order valence-electron chi connectivity index (χ3n) is 4.37. The van der Waals surface area contributed by atoms with E-state index in [-0.39, 0.29) is 11.6 Å². The fourth-order valence-corrected chi connectivity index (χ4v) is 3.17. The minimum absolute atomic E-state index is 0.284. The van der Waals surface area contributed by atoms with Gasteiger partial charge in [0.15, 0.2) is 11.6 Å². The van der Waals surface area contributed by atoms with Crippen molar-refractivity contribution in [3.8, 4) is 5.75 Å². The number of hydrogen-bond donors (Lipinski definition) is 0. The summed E-state index contributed by atoms with van der Waals surface area (Å²) in [6.45, 7) is 5.65. The van der Waals surface area contributed by atoms with E-state index in [1.165, 1.54) is 32.7 Å². The molecule has 0 amide bonds. The van der Waals surface area contributed by atoms with Gasteiger partial charge in [0.1, 0.15) is 0 Å². The van der Waals surface area contributed by atoms with Crippen LogP contribution in [0, 0.1) is 11.7 Å². The van der Waals surface area contributed by atoms with E-state index in [9.17, 15) is 4.39 Å². The molecule has 4 nitrogen and oxygen atoms in total. The molecule has 2 aromatic rings. The summed E-state index contributed by atoms with van der Waals surface area (Å²) >= 11 is 0. The molecule has 1 aromatic heterocycles. The number of halogens is 1. The van der Waals surface area contributed by atoms with Gasteiger partial charge in [-0.3, -0.25) is 4.68 Å². The van der Waals surface area contributed by atoms with Crippen molar-refractivity contribution in [3.05, 3.63) is 23.6 Å². The molecular formula is C16H22FN3O. The number of methoxy groups -OCH3 is 1. The molecule has 21 heavy (non-hydrogen) atoms. The van der Waals surface area contributed by atoms with Crippen LogP contribution in [0.1, 0.15) is 19.0 Å². The normalized spacial score (nSPS) is 19.5. The van der Waals surface area contributed by atoms with Gasteiger partial charge in [0, 0.05) is 38.0 Å². The smallest absolute Gasteiger partial charge is 0.167 e. The van der Waals surface area contributed by atoms with Gasteiger partial charge in [-0.25, -0.2) is 4.39 Å². The number of fused-ring (bicyclic) bond motifs is 1.